The Bertz CT molecular complexity index is 795. The number of phenols is 1. The van der Waals surface area contributed by atoms with Crippen LogP contribution in [0.1, 0.15) is 48.9 Å². The number of aromatic hydroxyl groups is 1. The lowest BCUT2D eigenvalue weighted by Crippen LogP contribution is -2.24. The number of unbranched alkanes of at least 4 members (excludes halogenated alkanes) is 4. The number of carbonyl (C=O) groups excluding carboxylic acids is 1. The van der Waals surface area contributed by atoms with Gasteiger partial charge < -0.3 is 15.2 Å². The molecule has 0 heterocycles. The number of benzene rings is 1. The predicted octanol–water partition coefficient (Wildman–Crippen LogP) is 3.74. The molecule has 1 rings (SSSR count). The molecule has 0 unspecified atom stereocenters. The van der Waals surface area contributed by atoms with Crippen LogP contribution in [0.2, 0.25) is 0 Å². The second kappa shape index (κ2) is 10.7. The molecule has 2 N–H and O–H groups in total. The monoisotopic (exact) mass is 440 g/mol. The van der Waals surface area contributed by atoms with Crippen LogP contribution < -0.4 is 5.32 Å². The molecule has 11 heteroatoms. The Morgan fingerprint density at radius 1 is 1.14 bits per heavy atom. The number of carbonyl (C=O) groups is 1. The molecule has 7 nitrogen and oxygen atoms in total. The van der Waals surface area contributed by atoms with Crippen molar-refractivity contribution in [3.8, 4) is 5.75 Å². The van der Waals surface area contributed by atoms with Gasteiger partial charge in [-0.15, -0.1) is 0 Å². The lowest BCUT2D eigenvalue weighted by molar-refractivity contribution is -0.135. The van der Waals surface area contributed by atoms with Crippen LogP contribution in [0.25, 0.3) is 0 Å². The number of esters is 1. The number of anilines is 1. The first-order valence-corrected chi connectivity index (χ1v) is 10.5. The average molecular weight is 440 g/mol. The maximum Gasteiger partial charge on any atom is 0.389 e. The van der Waals surface area contributed by atoms with Gasteiger partial charge in [-0.25, -0.2) is 17.5 Å². The van der Waals surface area contributed by atoms with Crippen molar-refractivity contribution in [1.29, 1.82) is 0 Å². The first kappa shape index (κ1) is 25.0. The molecule has 0 spiro atoms. The van der Waals surface area contributed by atoms with E-state index in [9.17, 15) is 31.5 Å². The van der Waals surface area contributed by atoms with Gasteiger partial charge in [0.2, 0.25) is 10.0 Å². The number of sulfonamides is 1. The second-order valence-electron chi connectivity index (χ2n) is 6.68. The molecule has 0 saturated heterocycles. The molecule has 0 aliphatic rings. The van der Waals surface area contributed by atoms with E-state index >= 15 is 0 Å². The van der Waals surface area contributed by atoms with Crippen molar-refractivity contribution in [2.75, 3.05) is 33.1 Å². The predicted molar refractivity (Wildman–Crippen MR) is 103 cm³/mol. The molecule has 0 saturated carbocycles. The van der Waals surface area contributed by atoms with Crippen LogP contribution in [0.15, 0.2) is 17.0 Å². The van der Waals surface area contributed by atoms with Crippen molar-refractivity contribution < 1.29 is 36.2 Å². The SMILES string of the molecule is COC(=O)c1ccc(NCCCCCCCC(F)(F)F)c(S(=O)(=O)N(C)C)c1O. The molecule has 0 aliphatic heterocycles. The number of nitrogens with zero attached hydrogens (tertiary/aromatic N) is 1. The van der Waals surface area contributed by atoms with E-state index in [0.29, 0.717) is 32.2 Å². The van der Waals surface area contributed by atoms with E-state index in [4.69, 9.17) is 0 Å². The Morgan fingerprint density at radius 3 is 2.28 bits per heavy atom. The number of phenolic OH excluding ortho intramolecular Hbond substituents is 1. The van der Waals surface area contributed by atoms with Gasteiger partial charge >= 0.3 is 12.1 Å². The maximum atomic E-state index is 12.6. The topological polar surface area (TPSA) is 95.9 Å². The molecule has 0 atom stereocenters. The second-order valence-corrected chi connectivity index (χ2v) is 8.77. The first-order valence-electron chi connectivity index (χ1n) is 9.09. The van der Waals surface area contributed by atoms with Crippen LogP contribution >= 0.6 is 0 Å². The Hall–Kier alpha value is -2.01. The zero-order chi connectivity index (χ0) is 22.2. The molecule has 0 fully saturated rings. The van der Waals surface area contributed by atoms with Gasteiger partial charge in [-0.2, -0.15) is 13.2 Å². The summed E-state index contributed by atoms with van der Waals surface area (Å²) < 4.78 is 66.9. The molecular formula is C18H27F3N2O5S. The molecule has 0 aliphatic carbocycles. The molecule has 1 aromatic carbocycles. The highest BCUT2D eigenvalue weighted by molar-refractivity contribution is 7.89. The summed E-state index contributed by atoms with van der Waals surface area (Å²) in [7, 11) is -0.359. The van der Waals surface area contributed by atoms with Gasteiger partial charge in [0.15, 0.2) is 5.75 Å². The number of nitrogens with one attached hydrogen (secondary N) is 1. The van der Waals surface area contributed by atoms with Crippen molar-refractivity contribution in [3.05, 3.63) is 17.7 Å². The van der Waals surface area contributed by atoms with Gasteiger partial charge in [0, 0.05) is 27.1 Å². The number of rotatable bonds is 11. The third kappa shape index (κ3) is 7.39. The number of alkyl halides is 3. The molecule has 29 heavy (non-hydrogen) atoms. The van der Waals surface area contributed by atoms with E-state index in [1.165, 1.54) is 26.2 Å². The lowest BCUT2D eigenvalue weighted by atomic mass is 10.1. The van der Waals surface area contributed by atoms with Crippen LogP contribution in [-0.4, -0.2) is 57.7 Å². The van der Waals surface area contributed by atoms with Crippen molar-refractivity contribution in [1.82, 2.24) is 4.31 Å². The summed E-state index contributed by atoms with van der Waals surface area (Å²) in [6.07, 6.45) is -2.45. The van der Waals surface area contributed by atoms with E-state index in [2.05, 4.69) is 10.1 Å². The molecule has 0 radical (unpaired) electrons. The smallest absolute Gasteiger partial charge is 0.389 e. The molecule has 0 aromatic heterocycles. The van der Waals surface area contributed by atoms with Gasteiger partial charge in [0.1, 0.15) is 10.5 Å². The van der Waals surface area contributed by atoms with Crippen molar-refractivity contribution >= 4 is 21.7 Å². The quantitative estimate of drug-likeness (QED) is 0.402. The number of halogens is 3. The highest BCUT2D eigenvalue weighted by atomic mass is 32.2. The summed E-state index contributed by atoms with van der Waals surface area (Å²) in [6.45, 7) is 0.353. The third-order valence-corrected chi connectivity index (χ3v) is 6.12. The maximum absolute atomic E-state index is 12.6. The van der Waals surface area contributed by atoms with E-state index < -0.39 is 39.2 Å². The molecule has 166 valence electrons. The van der Waals surface area contributed by atoms with Crippen LogP contribution in [0, 0.1) is 0 Å². The van der Waals surface area contributed by atoms with Gasteiger partial charge in [0.05, 0.1) is 12.8 Å². The van der Waals surface area contributed by atoms with E-state index in [0.717, 1.165) is 11.4 Å². The summed E-state index contributed by atoms with van der Waals surface area (Å²) in [5.74, 6) is -1.58. The molecule has 0 amide bonds. The van der Waals surface area contributed by atoms with E-state index in [1.54, 1.807) is 0 Å². The van der Waals surface area contributed by atoms with E-state index in [-0.39, 0.29) is 17.7 Å². The minimum atomic E-state index is -4.13. The zero-order valence-corrected chi connectivity index (χ0v) is 17.5. The highest BCUT2D eigenvalue weighted by Crippen LogP contribution is 2.35. The van der Waals surface area contributed by atoms with Crippen LogP contribution in [0.4, 0.5) is 18.9 Å². The molecule has 1 aromatic rings. The minimum Gasteiger partial charge on any atom is -0.506 e. The van der Waals surface area contributed by atoms with E-state index in [1.807, 2.05) is 0 Å². The Labute approximate surface area is 168 Å². The summed E-state index contributed by atoms with van der Waals surface area (Å²) >= 11 is 0. The van der Waals surface area contributed by atoms with Crippen LogP contribution in [0.5, 0.6) is 5.75 Å². The van der Waals surface area contributed by atoms with Gasteiger partial charge in [-0.1, -0.05) is 19.3 Å². The normalized spacial score (nSPS) is 12.2. The van der Waals surface area contributed by atoms with Gasteiger partial charge in [-0.05, 0) is 25.0 Å². The fourth-order valence-corrected chi connectivity index (χ4v) is 3.77. The summed E-state index contributed by atoms with van der Waals surface area (Å²) in [4.78, 5) is 11.3. The Balaban J connectivity index is 2.79. The molecule has 0 bridgehead atoms. The zero-order valence-electron chi connectivity index (χ0n) is 16.7. The summed E-state index contributed by atoms with van der Waals surface area (Å²) in [5, 5.41) is 13.3. The number of methoxy groups -OCH3 is 1. The van der Waals surface area contributed by atoms with Gasteiger partial charge in [0.25, 0.3) is 0 Å². The lowest BCUT2D eigenvalue weighted by Gasteiger charge is -2.19. The number of ether oxygens (including phenoxy) is 1. The first-order chi connectivity index (χ1) is 13.4. The Morgan fingerprint density at radius 2 is 1.72 bits per heavy atom. The highest BCUT2D eigenvalue weighted by Gasteiger charge is 2.29. The van der Waals surface area contributed by atoms with Crippen molar-refractivity contribution in [3.63, 3.8) is 0 Å². The largest absolute Gasteiger partial charge is 0.506 e. The van der Waals surface area contributed by atoms with Crippen molar-refractivity contribution in [2.45, 2.75) is 49.6 Å². The standard InChI is InChI=1S/C18H27F3N2O5S/c1-23(2)29(26,27)16-14(10-9-13(15(16)24)17(25)28-3)22-12-8-6-4-5-7-11-18(19,20)21/h9-10,22,24H,4-8,11-12H2,1-3H3. The summed E-state index contributed by atoms with van der Waals surface area (Å²) in [5.41, 5.74) is -0.149. The number of hydrogen-bond donors (Lipinski definition) is 2. The third-order valence-electron chi connectivity index (χ3n) is 4.23. The summed E-state index contributed by atoms with van der Waals surface area (Å²) in [6, 6.07) is 2.63. The van der Waals surface area contributed by atoms with Crippen molar-refractivity contribution in [2.24, 2.45) is 0 Å². The molecular weight excluding hydrogens is 413 g/mol. The number of hydrogen-bond acceptors (Lipinski definition) is 6. The fourth-order valence-electron chi connectivity index (χ4n) is 2.63. The minimum absolute atomic E-state index is 0.0883. The average Bonchev–Trinajstić information content (AvgIpc) is 2.62. The van der Waals surface area contributed by atoms with Crippen LogP contribution in [0.3, 0.4) is 0 Å². The fraction of sp³-hybridized carbons (Fsp3) is 0.611. The Kier molecular flexibility index (Phi) is 9.21. The van der Waals surface area contributed by atoms with Gasteiger partial charge in [-0.3, -0.25) is 0 Å². The van der Waals surface area contributed by atoms with Crippen LogP contribution in [-0.2, 0) is 14.8 Å².